The molecule has 2 heterocycles. The first-order chi connectivity index (χ1) is 17.0. The Balaban J connectivity index is 1.81. The van der Waals surface area contributed by atoms with Gasteiger partial charge in [0, 0.05) is 17.0 Å². The maximum Gasteiger partial charge on any atom is 0.310 e. The number of aromatic nitrogens is 2. The maximum absolute atomic E-state index is 14.6. The Bertz CT molecular complexity index is 1640. The van der Waals surface area contributed by atoms with Gasteiger partial charge in [-0.25, -0.2) is 18.7 Å². The van der Waals surface area contributed by atoms with Crippen LogP contribution in [-0.2, 0) is 15.9 Å². The van der Waals surface area contributed by atoms with Gasteiger partial charge in [0.05, 0.1) is 17.8 Å². The van der Waals surface area contributed by atoms with Crippen molar-refractivity contribution >= 4 is 42.9 Å². The van der Waals surface area contributed by atoms with Gasteiger partial charge in [0.1, 0.15) is 22.0 Å². The predicted octanol–water partition coefficient (Wildman–Crippen LogP) is 7.72. The highest BCUT2D eigenvalue weighted by Gasteiger charge is 2.65. The van der Waals surface area contributed by atoms with Crippen molar-refractivity contribution in [3.8, 4) is 17.5 Å². The third-order valence-electron chi connectivity index (χ3n) is 4.97. The van der Waals surface area contributed by atoms with E-state index in [2.05, 4.69) is 19.6 Å². The van der Waals surface area contributed by atoms with Crippen molar-refractivity contribution in [1.29, 1.82) is 5.26 Å². The number of nitrogens with zero attached hydrogens (tertiary/aromatic N) is 4. The van der Waals surface area contributed by atoms with Gasteiger partial charge in [-0.1, -0.05) is 29.5 Å². The predicted molar refractivity (Wildman–Crippen MR) is 127 cm³/mol. The minimum atomic E-state index is -10.2. The molecule has 0 bridgehead atoms. The van der Waals surface area contributed by atoms with Crippen molar-refractivity contribution in [2.24, 2.45) is 4.36 Å². The van der Waals surface area contributed by atoms with Crippen LogP contribution in [-0.4, -0.2) is 20.8 Å². The molecule has 37 heavy (non-hydrogen) atoms. The number of nitriles is 1. The molecule has 198 valence electrons. The molecule has 2 aromatic carbocycles. The van der Waals surface area contributed by atoms with E-state index >= 15 is 0 Å². The molecule has 2 N–H and O–H groups in total. The van der Waals surface area contributed by atoms with Crippen molar-refractivity contribution in [3.63, 3.8) is 0 Å². The summed E-state index contributed by atoms with van der Waals surface area (Å²) in [4.78, 5) is 5.29. The molecule has 0 aliphatic rings. The fraction of sp³-hybridized carbons (Fsp3) is 0.0952. The molecule has 2 aromatic heterocycles. The van der Waals surface area contributed by atoms with E-state index in [0.29, 0.717) is 6.20 Å². The largest absolute Gasteiger partial charge is 0.464 e. The monoisotopic (exact) mass is 567 g/mol. The van der Waals surface area contributed by atoms with E-state index in [4.69, 9.17) is 9.68 Å². The number of hydrogen-bond donors (Lipinski definition) is 3. The number of thiol groups is 1. The second-order valence-electron chi connectivity index (χ2n) is 8.05. The Morgan fingerprint density at radius 3 is 2.51 bits per heavy atom. The summed E-state index contributed by atoms with van der Waals surface area (Å²) in [7, 11) is -13.6. The zero-order valence-electron chi connectivity index (χ0n) is 18.5. The SMILES string of the molecule is C[SH](O)(Cc1cc(Nc2ncc(F)c(-c3ccc(F)c4ccoc34)n2)cc(S(F)(F)(F)(F)F)c1)=NC#N. The first-order valence-corrected chi connectivity index (χ1v) is 14.3. The highest BCUT2D eigenvalue weighted by atomic mass is 32.5. The van der Waals surface area contributed by atoms with Crippen LogP contribution >= 0.6 is 10.2 Å². The van der Waals surface area contributed by atoms with Crippen molar-refractivity contribution in [2.45, 2.75) is 10.6 Å². The van der Waals surface area contributed by atoms with Gasteiger partial charge in [-0.2, -0.15) is 5.26 Å². The molecular formula is C21H16F7N5O2S2. The zero-order valence-corrected chi connectivity index (χ0v) is 20.2. The van der Waals surface area contributed by atoms with Gasteiger partial charge >= 0.3 is 10.2 Å². The van der Waals surface area contributed by atoms with Gasteiger partial charge in [-0.3, -0.25) is 0 Å². The van der Waals surface area contributed by atoms with Crippen molar-refractivity contribution in [1.82, 2.24) is 9.97 Å². The molecule has 0 fully saturated rings. The third kappa shape index (κ3) is 5.84. The van der Waals surface area contributed by atoms with E-state index in [1.807, 2.05) is 0 Å². The molecule has 16 heteroatoms. The first-order valence-electron chi connectivity index (χ1n) is 9.99. The average Bonchev–Trinajstić information content (AvgIpc) is 3.24. The standard InChI is InChI=1S/C21H16F7N5O2S2/c1-36(34,31-11-29)10-12-6-13(8-14(7-12)37(24,25,26,27)28)32-21-30-9-18(23)19(33-21)16-2-3-17(22)15-4-5-35-20(15)16/h2-9,36H,10H2,1H3,(H,31,34)(H,30,32,33). The van der Waals surface area contributed by atoms with Gasteiger partial charge in [0.2, 0.25) is 12.1 Å². The quantitative estimate of drug-likeness (QED) is 0.125. The van der Waals surface area contributed by atoms with Gasteiger partial charge in [0.15, 0.2) is 5.82 Å². The number of hydrogen-bond acceptors (Lipinski definition) is 6. The van der Waals surface area contributed by atoms with E-state index in [0.717, 1.165) is 18.4 Å². The van der Waals surface area contributed by atoms with Crippen molar-refractivity contribution in [3.05, 3.63) is 66.1 Å². The van der Waals surface area contributed by atoms with Gasteiger partial charge < -0.3 is 14.3 Å². The van der Waals surface area contributed by atoms with Crippen LogP contribution in [0.1, 0.15) is 5.56 Å². The van der Waals surface area contributed by atoms with Gasteiger partial charge in [0.25, 0.3) is 0 Å². The number of furan rings is 1. The topological polar surface area (TPSA) is 107 Å². The molecule has 0 radical (unpaired) electrons. The maximum atomic E-state index is 14.6. The summed E-state index contributed by atoms with van der Waals surface area (Å²) in [6, 6.07) is 4.80. The molecule has 7 nitrogen and oxygen atoms in total. The lowest BCUT2D eigenvalue weighted by atomic mass is 10.1. The minimum Gasteiger partial charge on any atom is -0.464 e. The molecule has 0 saturated heterocycles. The average molecular weight is 568 g/mol. The summed E-state index contributed by atoms with van der Waals surface area (Å²) in [6.45, 7) is 0. The zero-order chi connectivity index (χ0) is 27.3. The van der Waals surface area contributed by atoms with E-state index in [1.165, 1.54) is 24.6 Å². The third-order valence-corrected chi connectivity index (χ3v) is 7.58. The van der Waals surface area contributed by atoms with Crippen LogP contribution in [0.4, 0.5) is 39.8 Å². The fourth-order valence-electron chi connectivity index (χ4n) is 3.48. The normalized spacial score (nSPS) is 14.5. The van der Waals surface area contributed by atoms with Crippen molar-refractivity contribution < 1.29 is 37.2 Å². The van der Waals surface area contributed by atoms with E-state index in [1.54, 1.807) is 0 Å². The lowest BCUT2D eigenvalue weighted by molar-refractivity contribution is 0.364. The molecule has 0 saturated carbocycles. The number of benzene rings is 2. The first kappa shape index (κ1) is 26.4. The second-order valence-corrected chi connectivity index (χ2v) is 13.2. The van der Waals surface area contributed by atoms with Crippen molar-refractivity contribution in [2.75, 3.05) is 11.6 Å². The molecule has 4 aromatic rings. The van der Waals surface area contributed by atoms with Crippen LogP contribution in [0, 0.1) is 23.1 Å². The summed E-state index contributed by atoms with van der Waals surface area (Å²) in [6.07, 6.45) is 4.30. The Hall–Kier alpha value is -3.68. The van der Waals surface area contributed by atoms with Gasteiger partial charge in [-0.05, 0) is 48.2 Å². The van der Waals surface area contributed by atoms with E-state index in [-0.39, 0.29) is 28.7 Å². The Morgan fingerprint density at radius 1 is 1.11 bits per heavy atom. The smallest absolute Gasteiger partial charge is 0.310 e. The van der Waals surface area contributed by atoms with Crippen LogP contribution in [0.15, 0.2) is 62.5 Å². The fourth-order valence-corrected chi connectivity index (χ4v) is 5.35. The number of anilines is 2. The van der Waals surface area contributed by atoms with E-state index in [9.17, 15) is 32.8 Å². The highest BCUT2D eigenvalue weighted by molar-refractivity contribution is 8.45. The summed E-state index contributed by atoms with van der Waals surface area (Å²) in [5.41, 5.74) is -1.41. The Morgan fingerprint density at radius 2 is 1.84 bits per heavy atom. The number of fused-ring (bicyclic) bond motifs is 1. The van der Waals surface area contributed by atoms with Crippen LogP contribution in [0.2, 0.25) is 0 Å². The number of nitrogens with one attached hydrogen (secondary N) is 1. The minimum absolute atomic E-state index is 0.00441. The summed E-state index contributed by atoms with van der Waals surface area (Å²) < 4.78 is 115. The van der Waals surface area contributed by atoms with Crippen LogP contribution in [0.5, 0.6) is 0 Å². The van der Waals surface area contributed by atoms with Crippen LogP contribution in [0.25, 0.3) is 22.2 Å². The number of rotatable bonds is 6. The van der Waals surface area contributed by atoms with E-state index < -0.39 is 65.5 Å². The second kappa shape index (κ2) is 8.16. The van der Waals surface area contributed by atoms with Crippen LogP contribution in [0.3, 0.4) is 0 Å². The lowest BCUT2D eigenvalue weighted by Crippen LogP contribution is -2.13. The molecular weight excluding hydrogens is 551 g/mol. The summed E-state index contributed by atoms with van der Waals surface area (Å²) in [5, 5.41) is 11.0. The molecule has 4 rings (SSSR count). The lowest BCUT2D eigenvalue weighted by Gasteiger charge is -2.41. The molecule has 0 aliphatic carbocycles. The Labute approximate surface area is 205 Å². The van der Waals surface area contributed by atoms with Gasteiger partial charge in [-0.15, -0.1) is 4.36 Å². The summed E-state index contributed by atoms with van der Waals surface area (Å²) in [5.74, 6) is -2.72. The summed E-state index contributed by atoms with van der Waals surface area (Å²) >= 11 is 0. The molecule has 0 spiro atoms. The molecule has 0 unspecified atom stereocenters. The molecule has 0 aliphatic heterocycles. The molecule has 0 atom stereocenters. The highest BCUT2D eigenvalue weighted by Crippen LogP contribution is 3.02. The molecule has 0 amide bonds. The number of halogens is 7. The van der Waals surface area contributed by atoms with Crippen LogP contribution < -0.4 is 5.32 Å². The Kier molecular flexibility index (Phi) is 5.82.